The molecule has 0 bridgehead atoms. The number of likely N-dealkylation sites (N-methyl/N-ethyl adjacent to an activating group) is 1. The average molecular weight is 299 g/mol. The van der Waals surface area contributed by atoms with Crippen molar-refractivity contribution in [3.63, 3.8) is 0 Å². The van der Waals surface area contributed by atoms with Crippen molar-refractivity contribution in [3.05, 3.63) is 36.2 Å². The van der Waals surface area contributed by atoms with Gasteiger partial charge < -0.3 is 9.80 Å². The molecule has 1 aromatic heterocycles. The van der Waals surface area contributed by atoms with Gasteiger partial charge in [0.1, 0.15) is 5.82 Å². The second-order valence-corrected chi connectivity index (χ2v) is 5.88. The molecule has 1 aliphatic rings. The van der Waals surface area contributed by atoms with E-state index in [9.17, 15) is 4.79 Å². The number of amides is 1. The van der Waals surface area contributed by atoms with E-state index >= 15 is 0 Å². The first-order valence-corrected chi connectivity index (χ1v) is 7.50. The third-order valence-electron chi connectivity index (χ3n) is 3.90. The Kier molecular flexibility index (Phi) is 3.94. The van der Waals surface area contributed by atoms with Crippen molar-refractivity contribution in [1.82, 2.24) is 24.6 Å². The van der Waals surface area contributed by atoms with Gasteiger partial charge in [-0.3, -0.25) is 4.79 Å². The van der Waals surface area contributed by atoms with Crippen LogP contribution in [0.4, 0.5) is 0 Å². The SMILES string of the molecule is C[C@H]1c2nc(-c3ccccc3)nn2CCN1C(=O)CN(C)C. The van der Waals surface area contributed by atoms with Crippen LogP contribution in [0.5, 0.6) is 0 Å². The molecule has 6 nitrogen and oxygen atoms in total. The Bertz CT molecular complexity index is 664. The minimum absolute atomic E-state index is 0.0498. The summed E-state index contributed by atoms with van der Waals surface area (Å²) in [7, 11) is 3.81. The Morgan fingerprint density at radius 3 is 2.68 bits per heavy atom. The first-order chi connectivity index (χ1) is 10.6. The molecule has 0 fully saturated rings. The lowest BCUT2D eigenvalue weighted by atomic mass is 10.2. The standard InChI is InChI=1S/C16H21N5O/c1-12-16-17-15(13-7-5-4-6-8-13)18-21(16)10-9-20(12)14(22)11-19(2)3/h4-8,12H,9-11H2,1-3H3/t12-/m0/s1. The summed E-state index contributed by atoms with van der Waals surface area (Å²) >= 11 is 0. The quantitative estimate of drug-likeness (QED) is 0.860. The summed E-state index contributed by atoms with van der Waals surface area (Å²) in [4.78, 5) is 20.8. The molecular formula is C16H21N5O. The molecule has 0 spiro atoms. The molecule has 0 unspecified atom stereocenters. The van der Waals surface area contributed by atoms with Gasteiger partial charge in [-0.25, -0.2) is 9.67 Å². The second-order valence-electron chi connectivity index (χ2n) is 5.88. The van der Waals surface area contributed by atoms with E-state index in [4.69, 9.17) is 0 Å². The smallest absolute Gasteiger partial charge is 0.237 e. The van der Waals surface area contributed by atoms with Crippen molar-refractivity contribution in [2.75, 3.05) is 27.2 Å². The molecule has 0 radical (unpaired) electrons. The first-order valence-electron chi connectivity index (χ1n) is 7.50. The maximum absolute atomic E-state index is 12.3. The summed E-state index contributed by atoms with van der Waals surface area (Å²) in [5.41, 5.74) is 1.00. The summed E-state index contributed by atoms with van der Waals surface area (Å²) in [6.45, 7) is 3.81. The van der Waals surface area contributed by atoms with Crippen LogP contribution in [-0.2, 0) is 11.3 Å². The number of benzene rings is 1. The molecule has 2 aromatic rings. The number of fused-ring (bicyclic) bond motifs is 1. The van der Waals surface area contributed by atoms with E-state index in [0.717, 1.165) is 17.2 Å². The Labute approximate surface area is 130 Å². The van der Waals surface area contributed by atoms with Crippen LogP contribution < -0.4 is 0 Å². The topological polar surface area (TPSA) is 54.3 Å². The lowest BCUT2D eigenvalue weighted by Gasteiger charge is -2.33. The molecule has 6 heteroatoms. The molecule has 1 aromatic carbocycles. The molecule has 0 N–H and O–H groups in total. The van der Waals surface area contributed by atoms with Gasteiger partial charge in [-0.15, -0.1) is 0 Å². The number of rotatable bonds is 3. The summed E-state index contributed by atoms with van der Waals surface area (Å²) in [5.74, 6) is 1.72. The summed E-state index contributed by atoms with van der Waals surface area (Å²) < 4.78 is 1.92. The Morgan fingerprint density at radius 2 is 2.00 bits per heavy atom. The van der Waals surface area contributed by atoms with Crippen molar-refractivity contribution in [2.24, 2.45) is 0 Å². The van der Waals surface area contributed by atoms with Crippen molar-refractivity contribution >= 4 is 5.91 Å². The van der Waals surface area contributed by atoms with Crippen LogP contribution in [0.25, 0.3) is 11.4 Å². The maximum atomic E-state index is 12.3. The van der Waals surface area contributed by atoms with Crippen molar-refractivity contribution in [2.45, 2.75) is 19.5 Å². The predicted molar refractivity (Wildman–Crippen MR) is 84.1 cm³/mol. The molecule has 1 atom stereocenters. The van der Waals surface area contributed by atoms with E-state index < -0.39 is 0 Å². The Morgan fingerprint density at radius 1 is 1.27 bits per heavy atom. The maximum Gasteiger partial charge on any atom is 0.237 e. The zero-order valence-electron chi connectivity index (χ0n) is 13.2. The molecule has 116 valence electrons. The van der Waals surface area contributed by atoms with E-state index in [1.807, 2.05) is 65.8 Å². The van der Waals surface area contributed by atoms with Crippen LogP contribution in [0.3, 0.4) is 0 Å². The summed E-state index contributed by atoms with van der Waals surface area (Å²) in [6, 6.07) is 9.88. The predicted octanol–water partition coefficient (Wildman–Crippen LogP) is 1.41. The zero-order valence-corrected chi connectivity index (χ0v) is 13.2. The van der Waals surface area contributed by atoms with Crippen LogP contribution in [0, 0.1) is 0 Å². The van der Waals surface area contributed by atoms with Gasteiger partial charge >= 0.3 is 0 Å². The van der Waals surface area contributed by atoms with Gasteiger partial charge in [0.2, 0.25) is 5.91 Å². The van der Waals surface area contributed by atoms with Crippen molar-refractivity contribution in [3.8, 4) is 11.4 Å². The lowest BCUT2D eigenvalue weighted by Crippen LogP contribution is -2.44. The molecule has 2 heterocycles. The number of carbonyl (C=O) groups is 1. The van der Waals surface area contributed by atoms with Gasteiger partial charge in [-0.05, 0) is 21.0 Å². The van der Waals surface area contributed by atoms with E-state index in [-0.39, 0.29) is 11.9 Å². The minimum atomic E-state index is -0.0498. The average Bonchev–Trinajstić information content (AvgIpc) is 2.93. The second kappa shape index (κ2) is 5.88. The Hall–Kier alpha value is -2.21. The highest BCUT2D eigenvalue weighted by atomic mass is 16.2. The van der Waals surface area contributed by atoms with Crippen LogP contribution >= 0.6 is 0 Å². The first kappa shape index (κ1) is 14.7. The van der Waals surface area contributed by atoms with E-state index in [2.05, 4.69) is 10.1 Å². The molecular weight excluding hydrogens is 278 g/mol. The van der Waals surface area contributed by atoms with Gasteiger partial charge in [-0.2, -0.15) is 5.10 Å². The molecule has 3 rings (SSSR count). The molecule has 0 saturated heterocycles. The fourth-order valence-corrected chi connectivity index (χ4v) is 2.77. The largest absolute Gasteiger partial charge is 0.330 e. The van der Waals surface area contributed by atoms with Gasteiger partial charge in [0.25, 0.3) is 0 Å². The van der Waals surface area contributed by atoms with Crippen molar-refractivity contribution in [1.29, 1.82) is 0 Å². The van der Waals surface area contributed by atoms with Gasteiger partial charge in [0.05, 0.1) is 19.1 Å². The molecule has 1 amide bonds. The fourth-order valence-electron chi connectivity index (χ4n) is 2.77. The number of aromatic nitrogens is 3. The molecule has 1 aliphatic heterocycles. The number of hydrogen-bond acceptors (Lipinski definition) is 4. The van der Waals surface area contributed by atoms with Crippen LogP contribution in [0.1, 0.15) is 18.8 Å². The summed E-state index contributed by atoms with van der Waals surface area (Å²) in [5, 5.41) is 4.58. The molecule has 22 heavy (non-hydrogen) atoms. The number of hydrogen-bond donors (Lipinski definition) is 0. The lowest BCUT2D eigenvalue weighted by molar-refractivity contribution is -0.135. The minimum Gasteiger partial charge on any atom is -0.330 e. The van der Waals surface area contributed by atoms with Gasteiger partial charge in [0, 0.05) is 12.1 Å². The van der Waals surface area contributed by atoms with Gasteiger partial charge in [0.15, 0.2) is 5.82 Å². The highest BCUT2D eigenvalue weighted by molar-refractivity contribution is 5.78. The van der Waals surface area contributed by atoms with Crippen molar-refractivity contribution < 1.29 is 4.79 Å². The molecule has 0 saturated carbocycles. The summed E-state index contributed by atoms with van der Waals surface area (Å²) in [6.07, 6.45) is 0. The number of nitrogens with zero attached hydrogens (tertiary/aromatic N) is 5. The fraction of sp³-hybridized carbons (Fsp3) is 0.438. The third-order valence-corrected chi connectivity index (χ3v) is 3.90. The van der Waals surface area contributed by atoms with E-state index in [1.54, 1.807) is 0 Å². The highest BCUT2D eigenvalue weighted by Crippen LogP contribution is 2.26. The van der Waals surface area contributed by atoms with Crippen LogP contribution in [0.2, 0.25) is 0 Å². The third kappa shape index (κ3) is 2.74. The highest BCUT2D eigenvalue weighted by Gasteiger charge is 2.30. The van der Waals surface area contributed by atoms with Crippen LogP contribution in [-0.4, -0.2) is 57.7 Å². The van der Waals surface area contributed by atoms with E-state index in [0.29, 0.717) is 19.6 Å². The van der Waals surface area contributed by atoms with E-state index in [1.165, 1.54) is 0 Å². The zero-order chi connectivity index (χ0) is 15.7. The van der Waals surface area contributed by atoms with Gasteiger partial charge in [-0.1, -0.05) is 30.3 Å². The number of carbonyl (C=O) groups excluding carboxylic acids is 1. The van der Waals surface area contributed by atoms with Crippen LogP contribution in [0.15, 0.2) is 30.3 Å². The normalized spacial score (nSPS) is 17.6. The monoisotopic (exact) mass is 299 g/mol. The Balaban J connectivity index is 1.86. The molecule has 0 aliphatic carbocycles.